The fourth-order valence-electron chi connectivity index (χ4n) is 0.550. The first-order chi connectivity index (χ1) is 5.07. The molecule has 0 aromatic carbocycles. The van der Waals surface area contributed by atoms with Crippen LogP contribution in [0.3, 0.4) is 0 Å². The Morgan fingerprint density at radius 3 is 2.82 bits per heavy atom. The highest BCUT2D eigenvalue weighted by atomic mass is 32.2. The van der Waals surface area contributed by atoms with Crippen molar-refractivity contribution in [1.29, 1.82) is 0 Å². The zero-order valence-electron chi connectivity index (χ0n) is 6.23. The summed E-state index contributed by atoms with van der Waals surface area (Å²) in [7, 11) is 0. The van der Waals surface area contributed by atoms with E-state index in [-0.39, 0.29) is 0 Å². The normalized spacial score (nSPS) is 18.8. The van der Waals surface area contributed by atoms with E-state index in [0.717, 1.165) is 0 Å². The standard InChI is InChI=1S/C6H12O4S/c1-3-4-6(7)5(2)10-11(8)9/h3,5-7H,1,4H2,2H3,(H,8,9)/p-1. The van der Waals surface area contributed by atoms with Gasteiger partial charge in [0, 0.05) is 0 Å². The quantitative estimate of drug-likeness (QED) is 0.481. The lowest BCUT2D eigenvalue weighted by atomic mass is 10.2. The van der Waals surface area contributed by atoms with Crippen LogP contribution < -0.4 is 0 Å². The van der Waals surface area contributed by atoms with Gasteiger partial charge in [0.25, 0.3) is 0 Å². The summed E-state index contributed by atoms with van der Waals surface area (Å²) in [5, 5.41) is 9.10. The Balaban J connectivity index is 3.71. The third-order valence-electron chi connectivity index (χ3n) is 1.18. The molecule has 0 radical (unpaired) electrons. The van der Waals surface area contributed by atoms with Gasteiger partial charge in [-0.25, -0.2) is 4.21 Å². The molecular formula is C6H11O4S-. The lowest BCUT2D eigenvalue weighted by Crippen LogP contribution is -2.26. The van der Waals surface area contributed by atoms with E-state index in [4.69, 9.17) is 5.11 Å². The molecule has 0 amide bonds. The molecule has 5 heteroatoms. The largest absolute Gasteiger partial charge is 0.750 e. The molecule has 66 valence electrons. The van der Waals surface area contributed by atoms with Crippen molar-refractivity contribution in [2.45, 2.75) is 25.6 Å². The van der Waals surface area contributed by atoms with Crippen LogP contribution in [-0.4, -0.2) is 26.1 Å². The van der Waals surface area contributed by atoms with Crippen LogP contribution in [0.2, 0.25) is 0 Å². The Kier molecular flexibility index (Phi) is 5.31. The molecule has 0 aromatic rings. The van der Waals surface area contributed by atoms with Gasteiger partial charge in [0.05, 0.1) is 23.6 Å². The van der Waals surface area contributed by atoms with Gasteiger partial charge in [-0.05, 0) is 13.3 Å². The summed E-state index contributed by atoms with van der Waals surface area (Å²) in [6.45, 7) is 4.87. The number of hydrogen-bond donors (Lipinski definition) is 1. The first-order valence-corrected chi connectivity index (χ1v) is 4.13. The van der Waals surface area contributed by atoms with E-state index in [0.29, 0.717) is 6.42 Å². The maximum Gasteiger partial charge on any atom is 0.0970 e. The van der Waals surface area contributed by atoms with Crippen molar-refractivity contribution in [3.05, 3.63) is 12.7 Å². The molecule has 4 nitrogen and oxygen atoms in total. The van der Waals surface area contributed by atoms with Crippen molar-refractivity contribution in [2.75, 3.05) is 0 Å². The Morgan fingerprint density at radius 1 is 1.91 bits per heavy atom. The van der Waals surface area contributed by atoms with Gasteiger partial charge in [0.1, 0.15) is 0 Å². The highest BCUT2D eigenvalue weighted by molar-refractivity contribution is 7.74. The number of aliphatic hydroxyl groups is 1. The van der Waals surface area contributed by atoms with Gasteiger partial charge >= 0.3 is 0 Å². The van der Waals surface area contributed by atoms with Gasteiger partial charge in [-0.1, -0.05) is 6.08 Å². The predicted molar refractivity (Wildman–Crippen MR) is 40.3 cm³/mol. The van der Waals surface area contributed by atoms with Crippen molar-refractivity contribution < 1.29 is 18.1 Å². The third-order valence-corrected chi connectivity index (χ3v) is 1.64. The van der Waals surface area contributed by atoms with E-state index in [9.17, 15) is 8.76 Å². The SMILES string of the molecule is C=CCC(O)C(C)OS(=O)[O-]. The molecule has 3 atom stereocenters. The van der Waals surface area contributed by atoms with Crippen LogP contribution >= 0.6 is 0 Å². The van der Waals surface area contributed by atoms with Crippen LogP contribution in [0.15, 0.2) is 12.7 Å². The Morgan fingerprint density at radius 2 is 2.45 bits per heavy atom. The number of hydrogen-bond acceptors (Lipinski definition) is 4. The van der Waals surface area contributed by atoms with Crippen LogP contribution in [-0.2, 0) is 15.5 Å². The van der Waals surface area contributed by atoms with Gasteiger partial charge in [-0.2, -0.15) is 0 Å². The van der Waals surface area contributed by atoms with Gasteiger partial charge in [-0.3, -0.25) is 4.18 Å². The summed E-state index contributed by atoms with van der Waals surface area (Å²) in [4.78, 5) is 0. The molecule has 0 aromatic heterocycles. The van der Waals surface area contributed by atoms with E-state index in [1.165, 1.54) is 13.0 Å². The molecule has 0 aliphatic carbocycles. The number of aliphatic hydroxyl groups excluding tert-OH is 1. The van der Waals surface area contributed by atoms with Crippen molar-refractivity contribution in [1.82, 2.24) is 0 Å². The van der Waals surface area contributed by atoms with Crippen LogP contribution in [0, 0.1) is 0 Å². The average molecular weight is 179 g/mol. The second-order valence-corrected chi connectivity index (χ2v) is 2.70. The second kappa shape index (κ2) is 5.42. The molecular weight excluding hydrogens is 168 g/mol. The van der Waals surface area contributed by atoms with Crippen molar-refractivity contribution in [2.24, 2.45) is 0 Å². The zero-order chi connectivity index (χ0) is 8.85. The molecule has 0 heterocycles. The minimum atomic E-state index is -2.56. The molecule has 11 heavy (non-hydrogen) atoms. The maximum atomic E-state index is 9.96. The van der Waals surface area contributed by atoms with Crippen molar-refractivity contribution in [3.8, 4) is 0 Å². The highest BCUT2D eigenvalue weighted by Gasteiger charge is 2.12. The molecule has 0 rings (SSSR count). The van der Waals surface area contributed by atoms with Crippen molar-refractivity contribution >= 4 is 11.4 Å². The lowest BCUT2D eigenvalue weighted by Gasteiger charge is -2.18. The first-order valence-electron chi connectivity index (χ1n) is 3.13. The Hall–Kier alpha value is -0.230. The van der Waals surface area contributed by atoms with E-state index in [1.807, 2.05) is 0 Å². The summed E-state index contributed by atoms with van der Waals surface area (Å²) in [6.07, 6.45) is 0.285. The molecule has 1 N–H and O–H groups in total. The van der Waals surface area contributed by atoms with E-state index in [2.05, 4.69) is 10.8 Å². The fourth-order valence-corrected chi connectivity index (χ4v) is 0.927. The number of rotatable bonds is 5. The second-order valence-electron chi connectivity index (χ2n) is 2.10. The van der Waals surface area contributed by atoms with E-state index in [1.54, 1.807) is 0 Å². The summed E-state index contributed by atoms with van der Waals surface area (Å²) in [5.74, 6) is 0. The van der Waals surface area contributed by atoms with Gasteiger partial charge in [0.2, 0.25) is 0 Å². The third kappa shape index (κ3) is 5.09. The first kappa shape index (κ1) is 10.8. The van der Waals surface area contributed by atoms with Gasteiger partial charge in [0.15, 0.2) is 0 Å². The molecule has 0 fully saturated rings. The van der Waals surface area contributed by atoms with Gasteiger partial charge in [-0.15, -0.1) is 6.58 Å². The lowest BCUT2D eigenvalue weighted by molar-refractivity contribution is 0.0518. The maximum absolute atomic E-state index is 9.96. The van der Waals surface area contributed by atoms with Crippen LogP contribution in [0.25, 0.3) is 0 Å². The van der Waals surface area contributed by atoms with Crippen LogP contribution in [0.1, 0.15) is 13.3 Å². The molecule has 0 spiro atoms. The minimum Gasteiger partial charge on any atom is -0.750 e. The monoisotopic (exact) mass is 179 g/mol. The topological polar surface area (TPSA) is 69.6 Å². The summed E-state index contributed by atoms with van der Waals surface area (Å²) in [5.41, 5.74) is 0. The van der Waals surface area contributed by atoms with Crippen LogP contribution in [0.5, 0.6) is 0 Å². The van der Waals surface area contributed by atoms with E-state index < -0.39 is 23.6 Å². The smallest absolute Gasteiger partial charge is 0.0970 e. The zero-order valence-corrected chi connectivity index (χ0v) is 7.04. The Bertz CT molecular complexity index is 148. The summed E-state index contributed by atoms with van der Waals surface area (Å²) < 4.78 is 24.2. The molecule has 0 aliphatic rings. The highest BCUT2D eigenvalue weighted by Crippen LogP contribution is 2.04. The molecule has 0 bridgehead atoms. The molecule has 0 aliphatic heterocycles. The van der Waals surface area contributed by atoms with Crippen LogP contribution in [0.4, 0.5) is 0 Å². The fraction of sp³-hybridized carbons (Fsp3) is 0.667. The summed E-state index contributed by atoms with van der Waals surface area (Å²) in [6, 6.07) is 0. The summed E-state index contributed by atoms with van der Waals surface area (Å²) >= 11 is -2.56. The average Bonchev–Trinajstić information content (AvgIpc) is 1.86. The Labute approximate surface area is 68.4 Å². The molecule has 0 saturated carbocycles. The van der Waals surface area contributed by atoms with E-state index >= 15 is 0 Å². The molecule has 3 unspecified atom stereocenters. The van der Waals surface area contributed by atoms with Gasteiger partial charge < -0.3 is 9.66 Å². The predicted octanol–water partition coefficient (Wildman–Crippen LogP) is 0.123. The van der Waals surface area contributed by atoms with Crippen molar-refractivity contribution in [3.63, 3.8) is 0 Å². The minimum absolute atomic E-state index is 0.318. The molecule has 0 saturated heterocycles.